The normalized spacial score (nSPS) is 12.4. The van der Waals surface area contributed by atoms with Gasteiger partial charge in [-0.25, -0.2) is 0 Å². The number of Topliss-reactive ketones (excluding diaryl/α,β-unsaturated/α-hetero) is 1. The molecular formula is C29H28F3NO4. The van der Waals surface area contributed by atoms with Crippen LogP contribution in [0.3, 0.4) is 0 Å². The van der Waals surface area contributed by atoms with Crippen molar-refractivity contribution < 1.29 is 32.2 Å². The summed E-state index contributed by atoms with van der Waals surface area (Å²) in [4.78, 5) is 11.8. The molecular weight excluding hydrogens is 483 g/mol. The molecule has 0 saturated heterocycles. The Morgan fingerprint density at radius 2 is 1.70 bits per heavy atom. The number of ether oxygens (including phenoxy) is 3. The number of carbonyl (C=O) groups is 1. The van der Waals surface area contributed by atoms with Gasteiger partial charge in [-0.2, -0.15) is 0 Å². The fraction of sp³-hybridized carbons (Fsp3) is 0.276. The first kappa shape index (κ1) is 26.1. The lowest BCUT2D eigenvalue weighted by Gasteiger charge is -2.16. The standard InChI is InChI=1S/C29H28F3NO4/c1-5-25(19(3)34)36-23-9-6-8-20(16-23)17-33-18(2)27(21-12-14-22(35-4)15-13-21)28-24(33)10-7-11-26(28)37-29(30,31)32/h6-16,25H,5,17H2,1-4H3/t25-/m0/s1. The molecule has 0 radical (unpaired) electrons. The van der Waals surface area contributed by atoms with Crippen LogP contribution in [0, 0.1) is 6.92 Å². The van der Waals surface area contributed by atoms with Gasteiger partial charge in [0.1, 0.15) is 17.2 Å². The van der Waals surface area contributed by atoms with E-state index in [0.717, 1.165) is 16.8 Å². The molecule has 0 unspecified atom stereocenters. The van der Waals surface area contributed by atoms with Gasteiger partial charge >= 0.3 is 6.36 Å². The van der Waals surface area contributed by atoms with Crippen LogP contribution in [0.15, 0.2) is 66.7 Å². The van der Waals surface area contributed by atoms with Crippen LogP contribution in [0.5, 0.6) is 17.2 Å². The van der Waals surface area contributed by atoms with Crippen LogP contribution in [0.1, 0.15) is 31.5 Å². The number of ketones is 1. The van der Waals surface area contributed by atoms with Crippen molar-refractivity contribution in [3.8, 4) is 28.4 Å². The molecule has 0 saturated carbocycles. The highest BCUT2D eigenvalue weighted by molar-refractivity contribution is 6.02. The Bertz CT molecular complexity index is 1410. The third-order valence-electron chi connectivity index (χ3n) is 6.26. The monoisotopic (exact) mass is 511 g/mol. The van der Waals surface area contributed by atoms with Crippen LogP contribution < -0.4 is 14.2 Å². The van der Waals surface area contributed by atoms with Gasteiger partial charge in [-0.1, -0.05) is 37.3 Å². The number of nitrogens with zero attached hydrogens (tertiary/aromatic N) is 1. The number of fused-ring (bicyclic) bond motifs is 1. The van der Waals surface area contributed by atoms with Gasteiger partial charge in [0.25, 0.3) is 0 Å². The molecule has 37 heavy (non-hydrogen) atoms. The van der Waals surface area contributed by atoms with E-state index >= 15 is 0 Å². The van der Waals surface area contributed by atoms with Crippen LogP contribution in [0.25, 0.3) is 22.0 Å². The van der Waals surface area contributed by atoms with Gasteiger partial charge in [-0.3, -0.25) is 4.79 Å². The Morgan fingerprint density at radius 1 is 1.00 bits per heavy atom. The van der Waals surface area contributed by atoms with Crippen molar-refractivity contribution in [1.29, 1.82) is 0 Å². The van der Waals surface area contributed by atoms with Crippen LogP contribution >= 0.6 is 0 Å². The maximum absolute atomic E-state index is 13.3. The molecule has 4 aromatic rings. The molecule has 8 heteroatoms. The fourth-order valence-electron chi connectivity index (χ4n) is 4.53. The van der Waals surface area contributed by atoms with E-state index in [1.807, 2.05) is 48.7 Å². The number of halogens is 3. The van der Waals surface area contributed by atoms with Gasteiger partial charge < -0.3 is 18.8 Å². The smallest absolute Gasteiger partial charge is 0.497 e. The molecule has 1 atom stereocenters. The lowest BCUT2D eigenvalue weighted by molar-refractivity contribution is -0.274. The second-order valence-electron chi connectivity index (χ2n) is 8.75. The summed E-state index contributed by atoms with van der Waals surface area (Å²) in [6.07, 6.45) is -4.82. The number of alkyl halides is 3. The summed E-state index contributed by atoms with van der Waals surface area (Å²) in [5, 5.41) is 0.373. The van der Waals surface area contributed by atoms with Crippen LogP contribution in [-0.4, -0.2) is 29.9 Å². The van der Waals surface area contributed by atoms with Crippen molar-refractivity contribution in [2.24, 2.45) is 0 Å². The highest BCUT2D eigenvalue weighted by Gasteiger charge is 2.33. The quantitative estimate of drug-likeness (QED) is 0.236. The zero-order chi connectivity index (χ0) is 26.7. The first-order valence-corrected chi connectivity index (χ1v) is 11.9. The third kappa shape index (κ3) is 5.74. The second-order valence-corrected chi connectivity index (χ2v) is 8.75. The summed E-state index contributed by atoms with van der Waals surface area (Å²) in [7, 11) is 1.55. The number of hydrogen-bond donors (Lipinski definition) is 0. The van der Waals surface area contributed by atoms with Gasteiger partial charge in [0.15, 0.2) is 11.9 Å². The first-order chi connectivity index (χ1) is 17.6. The SMILES string of the molecule is CC[C@H](Oc1cccc(Cn2c(C)c(-c3ccc(OC)cc3)c3c(OC(F)(F)F)cccc32)c1)C(C)=O. The molecule has 0 N–H and O–H groups in total. The van der Waals surface area contributed by atoms with Crippen molar-refractivity contribution in [1.82, 2.24) is 4.57 Å². The van der Waals surface area contributed by atoms with E-state index in [4.69, 9.17) is 9.47 Å². The Labute approximate surface area is 213 Å². The average molecular weight is 512 g/mol. The molecule has 4 rings (SSSR count). The van der Waals surface area contributed by atoms with Gasteiger partial charge in [0, 0.05) is 17.8 Å². The number of hydrogen-bond acceptors (Lipinski definition) is 4. The van der Waals surface area contributed by atoms with Gasteiger partial charge in [-0.15, -0.1) is 13.2 Å². The van der Waals surface area contributed by atoms with E-state index in [2.05, 4.69) is 4.74 Å². The summed E-state index contributed by atoms with van der Waals surface area (Å²) >= 11 is 0. The summed E-state index contributed by atoms with van der Waals surface area (Å²) in [6, 6.07) is 19.2. The van der Waals surface area contributed by atoms with E-state index in [-0.39, 0.29) is 11.5 Å². The van der Waals surface area contributed by atoms with Crippen molar-refractivity contribution in [2.45, 2.75) is 46.2 Å². The number of benzene rings is 3. The molecule has 0 spiro atoms. The van der Waals surface area contributed by atoms with Crippen molar-refractivity contribution in [3.63, 3.8) is 0 Å². The topological polar surface area (TPSA) is 49.7 Å². The second kappa shape index (κ2) is 10.6. The highest BCUT2D eigenvalue weighted by atomic mass is 19.4. The average Bonchev–Trinajstić information content (AvgIpc) is 3.14. The Kier molecular flexibility index (Phi) is 7.47. The highest BCUT2D eigenvalue weighted by Crippen LogP contribution is 2.42. The summed E-state index contributed by atoms with van der Waals surface area (Å²) in [5.74, 6) is 0.887. The minimum absolute atomic E-state index is 0.0542. The Hall–Kier alpha value is -3.94. The van der Waals surface area contributed by atoms with E-state index < -0.39 is 12.5 Å². The van der Waals surface area contributed by atoms with Crippen molar-refractivity contribution in [3.05, 3.63) is 78.0 Å². The van der Waals surface area contributed by atoms with Crippen LogP contribution in [-0.2, 0) is 11.3 Å². The maximum Gasteiger partial charge on any atom is 0.573 e. The molecule has 5 nitrogen and oxygen atoms in total. The Morgan fingerprint density at radius 3 is 2.32 bits per heavy atom. The van der Waals surface area contributed by atoms with Crippen molar-refractivity contribution >= 4 is 16.7 Å². The molecule has 0 aliphatic heterocycles. The number of aromatic nitrogens is 1. The summed E-state index contributed by atoms with van der Waals surface area (Å²) in [6.45, 7) is 5.63. The van der Waals surface area contributed by atoms with Gasteiger partial charge in [-0.05, 0) is 67.8 Å². The lowest BCUT2D eigenvalue weighted by atomic mass is 10.0. The number of carbonyl (C=O) groups excluding carboxylic acids is 1. The van der Waals surface area contributed by atoms with Crippen molar-refractivity contribution in [2.75, 3.05) is 7.11 Å². The van der Waals surface area contributed by atoms with E-state index in [1.165, 1.54) is 13.0 Å². The zero-order valence-electron chi connectivity index (χ0n) is 21.1. The van der Waals surface area contributed by atoms with Crippen LogP contribution in [0.2, 0.25) is 0 Å². The van der Waals surface area contributed by atoms with E-state index in [1.54, 1.807) is 37.4 Å². The molecule has 194 valence electrons. The van der Waals surface area contributed by atoms with E-state index in [9.17, 15) is 18.0 Å². The molecule has 0 bridgehead atoms. The number of rotatable bonds is 9. The van der Waals surface area contributed by atoms with Crippen LogP contribution in [0.4, 0.5) is 13.2 Å². The molecule has 3 aromatic carbocycles. The predicted molar refractivity (Wildman–Crippen MR) is 136 cm³/mol. The first-order valence-electron chi connectivity index (χ1n) is 11.9. The van der Waals surface area contributed by atoms with Gasteiger partial charge in [0.2, 0.25) is 0 Å². The number of methoxy groups -OCH3 is 1. The lowest BCUT2D eigenvalue weighted by Crippen LogP contribution is -2.23. The molecule has 0 amide bonds. The van der Waals surface area contributed by atoms with Gasteiger partial charge in [0.05, 0.1) is 18.0 Å². The third-order valence-corrected chi connectivity index (χ3v) is 6.26. The molecule has 0 aliphatic rings. The predicted octanol–water partition coefficient (Wildman–Crippen LogP) is 7.32. The van der Waals surface area contributed by atoms with E-state index in [0.29, 0.717) is 40.9 Å². The molecule has 0 aliphatic carbocycles. The summed E-state index contributed by atoms with van der Waals surface area (Å²) < 4.78 is 57.5. The fourth-order valence-corrected chi connectivity index (χ4v) is 4.53. The Balaban J connectivity index is 1.83. The largest absolute Gasteiger partial charge is 0.573 e. The molecule has 1 heterocycles. The maximum atomic E-state index is 13.3. The zero-order valence-corrected chi connectivity index (χ0v) is 21.1. The minimum atomic E-state index is -4.83. The summed E-state index contributed by atoms with van der Waals surface area (Å²) in [5.41, 5.74) is 3.64. The minimum Gasteiger partial charge on any atom is -0.497 e. The molecule has 0 fully saturated rings. The molecule has 1 aromatic heterocycles.